The molecule has 0 spiro atoms. The summed E-state index contributed by atoms with van der Waals surface area (Å²) in [6, 6.07) is 15.5. The van der Waals surface area contributed by atoms with Crippen LogP contribution in [0.15, 0.2) is 54.6 Å². The van der Waals surface area contributed by atoms with Crippen LogP contribution in [0.2, 0.25) is 0 Å². The van der Waals surface area contributed by atoms with Crippen LogP contribution in [0.4, 0.5) is 5.69 Å². The number of hydrogen-bond donors (Lipinski definition) is 2. The minimum Gasteiger partial charge on any atom is -0.348 e. The SMILES string of the molecule is O=C1CN(c2ccc(C(=O)NCc3ccccc3)cc2)S(=O)(=O)N1. The molecular formula is C16H15N3O4S. The Balaban J connectivity index is 1.68. The summed E-state index contributed by atoms with van der Waals surface area (Å²) < 4.78 is 26.4. The lowest BCUT2D eigenvalue weighted by Crippen LogP contribution is -2.29. The van der Waals surface area contributed by atoms with E-state index in [9.17, 15) is 18.0 Å². The Bertz CT molecular complexity index is 864. The van der Waals surface area contributed by atoms with Gasteiger partial charge in [-0.2, -0.15) is 8.42 Å². The molecule has 0 bridgehead atoms. The van der Waals surface area contributed by atoms with E-state index in [2.05, 4.69) is 5.32 Å². The highest BCUT2D eigenvalue weighted by Gasteiger charge is 2.33. The van der Waals surface area contributed by atoms with E-state index in [1.54, 1.807) is 0 Å². The van der Waals surface area contributed by atoms with Gasteiger partial charge in [-0.1, -0.05) is 30.3 Å². The smallest absolute Gasteiger partial charge is 0.326 e. The van der Waals surface area contributed by atoms with Gasteiger partial charge < -0.3 is 5.32 Å². The van der Waals surface area contributed by atoms with Gasteiger partial charge >= 0.3 is 10.2 Å². The predicted molar refractivity (Wildman–Crippen MR) is 88.5 cm³/mol. The number of benzene rings is 2. The lowest BCUT2D eigenvalue weighted by molar-refractivity contribution is -0.117. The topological polar surface area (TPSA) is 95.6 Å². The van der Waals surface area contributed by atoms with Crippen molar-refractivity contribution in [2.45, 2.75) is 6.54 Å². The number of amides is 2. The molecule has 2 N–H and O–H groups in total. The van der Waals surface area contributed by atoms with E-state index >= 15 is 0 Å². The molecule has 124 valence electrons. The van der Waals surface area contributed by atoms with Crippen LogP contribution in [-0.2, 0) is 21.5 Å². The third-order valence-corrected chi connectivity index (χ3v) is 4.94. The number of carbonyl (C=O) groups is 2. The summed E-state index contributed by atoms with van der Waals surface area (Å²) in [5.41, 5.74) is 1.72. The molecule has 2 amide bonds. The number of nitrogens with zero attached hydrogens (tertiary/aromatic N) is 1. The molecule has 1 fully saturated rings. The molecule has 0 aliphatic carbocycles. The van der Waals surface area contributed by atoms with Crippen molar-refractivity contribution in [1.29, 1.82) is 0 Å². The summed E-state index contributed by atoms with van der Waals surface area (Å²) in [5, 5.41) is 2.79. The largest absolute Gasteiger partial charge is 0.348 e. The van der Waals surface area contributed by atoms with Gasteiger partial charge in [0.05, 0.1) is 5.69 Å². The van der Waals surface area contributed by atoms with Crippen molar-refractivity contribution < 1.29 is 18.0 Å². The van der Waals surface area contributed by atoms with E-state index in [4.69, 9.17) is 0 Å². The fourth-order valence-corrected chi connectivity index (χ4v) is 3.48. The summed E-state index contributed by atoms with van der Waals surface area (Å²) in [4.78, 5) is 23.4. The van der Waals surface area contributed by atoms with Crippen molar-refractivity contribution in [3.8, 4) is 0 Å². The molecule has 0 saturated carbocycles. The molecule has 0 atom stereocenters. The average molecular weight is 345 g/mol. The first-order chi connectivity index (χ1) is 11.5. The third kappa shape index (κ3) is 3.38. The molecule has 0 aromatic heterocycles. The summed E-state index contributed by atoms with van der Waals surface area (Å²) in [5.74, 6) is -0.844. The zero-order chi connectivity index (χ0) is 17.2. The molecule has 8 heteroatoms. The Morgan fingerprint density at radius 3 is 2.33 bits per heavy atom. The molecule has 1 saturated heterocycles. The van der Waals surface area contributed by atoms with Gasteiger partial charge in [0.2, 0.25) is 0 Å². The maximum atomic E-state index is 12.1. The van der Waals surface area contributed by atoms with Crippen LogP contribution in [0.3, 0.4) is 0 Å². The van der Waals surface area contributed by atoms with E-state index in [-0.39, 0.29) is 12.5 Å². The van der Waals surface area contributed by atoms with Crippen molar-refractivity contribution >= 4 is 27.7 Å². The molecule has 1 aliphatic heterocycles. The van der Waals surface area contributed by atoms with Gasteiger partial charge in [0.25, 0.3) is 11.8 Å². The summed E-state index contributed by atoms with van der Waals surface area (Å²) >= 11 is 0. The van der Waals surface area contributed by atoms with E-state index in [1.165, 1.54) is 24.3 Å². The number of nitrogens with one attached hydrogen (secondary N) is 2. The van der Waals surface area contributed by atoms with Crippen molar-refractivity contribution in [3.05, 3.63) is 65.7 Å². The first kappa shape index (κ1) is 16.0. The molecule has 24 heavy (non-hydrogen) atoms. The van der Waals surface area contributed by atoms with Crippen LogP contribution in [0.25, 0.3) is 0 Å². The maximum Gasteiger partial charge on any atom is 0.326 e. The highest BCUT2D eigenvalue weighted by atomic mass is 32.2. The first-order valence-corrected chi connectivity index (χ1v) is 8.65. The second kappa shape index (κ2) is 6.32. The fourth-order valence-electron chi connectivity index (χ4n) is 2.34. The zero-order valence-electron chi connectivity index (χ0n) is 12.6. The Hall–Kier alpha value is -2.87. The van der Waals surface area contributed by atoms with Crippen molar-refractivity contribution in [3.63, 3.8) is 0 Å². The second-order valence-corrected chi connectivity index (χ2v) is 6.85. The van der Waals surface area contributed by atoms with Crippen molar-refractivity contribution in [2.24, 2.45) is 0 Å². The van der Waals surface area contributed by atoms with E-state index in [1.807, 2.05) is 35.1 Å². The lowest BCUT2D eigenvalue weighted by Gasteiger charge is -2.14. The number of carbonyl (C=O) groups excluding carboxylic acids is 2. The Kier molecular flexibility index (Phi) is 4.22. The Labute approximate surface area is 139 Å². The standard InChI is InChI=1S/C16H15N3O4S/c20-15-11-19(24(22,23)18-15)14-8-6-13(7-9-14)16(21)17-10-12-4-2-1-3-5-12/h1-9H,10-11H2,(H,17,21)(H,18,20). The summed E-state index contributed by atoms with van der Waals surface area (Å²) in [7, 11) is -3.84. The Morgan fingerprint density at radius 2 is 1.75 bits per heavy atom. The van der Waals surface area contributed by atoms with Crippen LogP contribution in [0, 0.1) is 0 Å². The van der Waals surface area contributed by atoms with Crippen LogP contribution in [-0.4, -0.2) is 26.8 Å². The quantitative estimate of drug-likeness (QED) is 0.857. The van der Waals surface area contributed by atoms with Crippen molar-refractivity contribution in [2.75, 3.05) is 10.8 Å². The predicted octanol–water partition coefficient (Wildman–Crippen LogP) is 0.798. The first-order valence-electron chi connectivity index (χ1n) is 7.21. The third-order valence-electron chi connectivity index (χ3n) is 3.53. The van der Waals surface area contributed by atoms with Gasteiger partial charge in [-0.3, -0.25) is 9.59 Å². The van der Waals surface area contributed by atoms with Gasteiger partial charge in [0.1, 0.15) is 6.54 Å². The normalized spacial score (nSPS) is 15.8. The minimum atomic E-state index is -3.84. The van der Waals surface area contributed by atoms with Gasteiger partial charge in [0, 0.05) is 12.1 Å². The van der Waals surface area contributed by atoms with E-state index < -0.39 is 16.1 Å². The highest BCUT2D eigenvalue weighted by molar-refractivity contribution is 7.92. The van der Waals surface area contributed by atoms with E-state index in [0.29, 0.717) is 17.8 Å². The summed E-state index contributed by atoms with van der Waals surface area (Å²) in [6.45, 7) is 0.141. The van der Waals surface area contributed by atoms with Crippen LogP contribution < -0.4 is 14.3 Å². The monoisotopic (exact) mass is 345 g/mol. The summed E-state index contributed by atoms with van der Waals surface area (Å²) in [6.07, 6.45) is 0. The van der Waals surface area contributed by atoms with E-state index in [0.717, 1.165) is 9.87 Å². The van der Waals surface area contributed by atoms with Gasteiger partial charge in [-0.05, 0) is 29.8 Å². The fraction of sp³-hybridized carbons (Fsp3) is 0.125. The van der Waals surface area contributed by atoms with Crippen LogP contribution >= 0.6 is 0 Å². The molecule has 2 aromatic rings. The lowest BCUT2D eigenvalue weighted by atomic mass is 10.1. The zero-order valence-corrected chi connectivity index (χ0v) is 13.4. The number of rotatable bonds is 4. The van der Waals surface area contributed by atoms with Gasteiger partial charge in [0.15, 0.2) is 0 Å². The van der Waals surface area contributed by atoms with Crippen LogP contribution in [0.5, 0.6) is 0 Å². The number of anilines is 1. The van der Waals surface area contributed by atoms with Gasteiger partial charge in [-0.15, -0.1) is 0 Å². The minimum absolute atomic E-state index is 0.260. The molecule has 0 radical (unpaired) electrons. The molecule has 2 aromatic carbocycles. The molecule has 7 nitrogen and oxygen atoms in total. The number of hydrogen-bond acceptors (Lipinski definition) is 4. The highest BCUT2D eigenvalue weighted by Crippen LogP contribution is 2.20. The average Bonchev–Trinajstić information content (AvgIpc) is 2.86. The van der Waals surface area contributed by atoms with Gasteiger partial charge in [-0.25, -0.2) is 9.03 Å². The second-order valence-electron chi connectivity index (χ2n) is 5.25. The molecule has 0 unspecified atom stereocenters. The molecule has 1 heterocycles. The molecule has 1 aliphatic rings. The Morgan fingerprint density at radius 1 is 1.08 bits per heavy atom. The maximum absolute atomic E-state index is 12.1. The van der Waals surface area contributed by atoms with Crippen LogP contribution in [0.1, 0.15) is 15.9 Å². The molecule has 3 rings (SSSR count). The molecular weight excluding hydrogens is 330 g/mol. The van der Waals surface area contributed by atoms with Crippen molar-refractivity contribution in [1.82, 2.24) is 10.0 Å².